The Morgan fingerprint density at radius 1 is 1.35 bits per heavy atom. The number of likely N-dealkylation sites (N-methyl/N-ethyl adjacent to an activating group) is 1. The molecule has 0 unspecified atom stereocenters. The number of aryl methyl sites for hydroxylation is 2. The van der Waals surface area contributed by atoms with Gasteiger partial charge in [0.15, 0.2) is 0 Å². The number of aromatic nitrogens is 1. The molecule has 17 heavy (non-hydrogen) atoms. The monoisotopic (exact) mass is 231 g/mol. The lowest BCUT2D eigenvalue weighted by Gasteiger charge is -2.16. The van der Waals surface area contributed by atoms with Gasteiger partial charge in [-0.1, -0.05) is 6.07 Å². The zero-order chi connectivity index (χ0) is 11.7. The van der Waals surface area contributed by atoms with Crippen molar-refractivity contribution in [3.8, 4) is 0 Å². The fourth-order valence-corrected chi connectivity index (χ4v) is 2.58. The van der Waals surface area contributed by atoms with Crippen LogP contribution in [0.5, 0.6) is 0 Å². The first-order chi connectivity index (χ1) is 8.33. The molecule has 92 valence electrons. The lowest BCUT2D eigenvalue weighted by Crippen LogP contribution is -2.27. The summed E-state index contributed by atoms with van der Waals surface area (Å²) in [6, 6.07) is 5.22. The fourth-order valence-electron chi connectivity index (χ4n) is 2.58. The van der Waals surface area contributed by atoms with Crippen LogP contribution in [0.3, 0.4) is 0 Å². The van der Waals surface area contributed by atoms with Crippen LogP contribution >= 0.6 is 0 Å². The smallest absolute Gasteiger partial charge is 0.126 e. The maximum atomic E-state index is 4.68. The summed E-state index contributed by atoms with van der Waals surface area (Å²) in [5.74, 6) is 1.05. The summed E-state index contributed by atoms with van der Waals surface area (Å²) in [6.45, 7) is 2.11. The van der Waals surface area contributed by atoms with Crippen LogP contribution in [0.4, 0.5) is 5.82 Å². The average Bonchev–Trinajstić information content (AvgIpc) is 3.08. The van der Waals surface area contributed by atoms with Crippen LogP contribution in [-0.2, 0) is 12.8 Å². The Bertz CT molecular complexity index is 398. The third kappa shape index (κ3) is 2.60. The number of anilines is 1. The fraction of sp³-hybridized carbons (Fsp3) is 0.643. The molecule has 2 aliphatic rings. The summed E-state index contributed by atoms with van der Waals surface area (Å²) in [7, 11) is 2.22. The van der Waals surface area contributed by atoms with Gasteiger partial charge in [0.2, 0.25) is 0 Å². The van der Waals surface area contributed by atoms with E-state index in [1.807, 2.05) is 0 Å². The van der Waals surface area contributed by atoms with Gasteiger partial charge in [-0.2, -0.15) is 0 Å². The molecule has 0 atom stereocenters. The number of rotatable bonds is 5. The van der Waals surface area contributed by atoms with E-state index in [2.05, 4.69) is 34.4 Å². The highest BCUT2D eigenvalue weighted by molar-refractivity contribution is 5.40. The lowest BCUT2D eigenvalue weighted by molar-refractivity contribution is 0.337. The summed E-state index contributed by atoms with van der Waals surface area (Å²) >= 11 is 0. The van der Waals surface area contributed by atoms with Gasteiger partial charge < -0.3 is 10.2 Å². The van der Waals surface area contributed by atoms with Crippen molar-refractivity contribution in [1.29, 1.82) is 0 Å². The number of pyridine rings is 1. The molecule has 0 amide bonds. The molecule has 1 aromatic heterocycles. The number of hydrogen-bond acceptors (Lipinski definition) is 3. The molecule has 0 bridgehead atoms. The SMILES string of the molecule is CN(CCNc1ccc2c(n1)CCC2)C1CC1. The Labute approximate surface area is 103 Å². The highest BCUT2D eigenvalue weighted by Crippen LogP contribution is 2.25. The molecule has 0 radical (unpaired) electrons. The van der Waals surface area contributed by atoms with Crippen LogP contribution in [0.1, 0.15) is 30.5 Å². The first-order valence-corrected chi connectivity index (χ1v) is 6.76. The molecule has 0 saturated heterocycles. The Morgan fingerprint density at radius 2 is 2.24 bits per heavy atom. The predicted octanol–water partition coefficient (Wildman–Crippen LogP) is 2.08. The first kappa shape index (κ1) is 11.0. The minimum absolute atomic E-state index is 0.852. The van der Waals surface area contributed by atoms with Gasteiger partial charge >= 0.3 is 0 Å². The summed E-state index contributed by atoms with van der Waals surface area (Å²) in [5, 5.41) is 3.44. The topological polar surface area (TPSA) is 28.2 Å². The second-order valence-electron chi connectivity index (χ2n) is 5.29. The van der Waals surface area contributed by atoms with Gasteiger partial charge in [-0.05, 0) is 50.8 Å². The quantitative estimate of drug-likeness (QED) is 0.841. The van der Waals surface area contributed by atoms with Gasteiger partial charge in [-0.15, -0.1) is 0 Å². The predicted molar refractivity (Wildman–Crippen MR) is 70.4 cm³/mol. The minimum Gasteiger partial charge on any atom is -0.369 e. The third-order valence-electron chi connectivity index (χ3n) is 3.87. The van der Waals surface area contributed by atoms with Gasteiger partial charge in [0.1, 0.15) is 5.82 Å². The largest absolute Gasteiger partial charge is 0.369 e. The lowest BCUT2D eigenvalue weighted by atomic mass is 10.2. The average molecular weight is 231 g/mol. The molecule has 0 aliphatic heterocycles. The van der Waals surface area contributed by atoms with Crippen LogP contribution in [0.15, 0.2) is 12.1 Å². The number of nitrogens with one attached hydrogen (secondary N) is 1. The zero-order valence-electron chi connectivity index (χ0n) is 10.6. The van der Waals surface area contributed by atoms with E-state index in [1.165, 1.54) is 36.9 Å². The zero-order valence-corrected chi connectivity index (χ0v) is 10.6. The van der Waals surface area contributed by atoms with E-state index in [0.29, 0.717) is 0 Å². The van der Waals surface area contributed by atoms with Crippen molar-refractivity contribution in [2.75, 3.05) is 25.5 Å². The van der Waals surface area contributed by atoms with Crippen molar-refractivity contribution in [1.82, 2.24) is 9.88 Å². The van der Waals surface area contributed by atoms with Gasteiger partial charge in [0, 0.05) is 24.8 Å². The van der Waals surface area contributed by atoms with E-state index in [1.54, 1.807) is 0 Å². The van der Waals surface area contributed by atoms with Gasteiger partial charge in [0.05, 0.1) is 0 Å². The Balaban J connectivity index is 1.51. The summed E-state index contributed by atoms with van der Waals surface area (Å²) in [4.78, 5) is 7.13. The molecule has 0 spiro atoms. The van der Waals surface area contributed by atoms with Crippen molar-refractivity contribution < 1.29 is 0 Å². The maximum absolute atomic E-state index is 4.68. The molecule has 3 heteroatoms. The Hall–Kier alpha value is -1.09. The molecule has 3 rings (SSSR count). The van der Waals surface area contributed by atoms with E-state index in [-0.39, 0.29) is 0 Å². The molecule has 1 aromatic rings. The van der Waals surface area contributed by atoms with Crippen LogP contribution in [0, 0.1) is 0 Å². The number of hydrogen-bond donors (Lipinski definition) is 1. The number of nitrogens with zero attached hydrogens (tertiary/aromatic N) is 2. The first-order valence-electron chi connectivity index (χ1n) is 6.76. The minimum atomic E-state index is 0.852. The molecule has 1 heterocycles. The molecular formula is C14H21N3. The molecule has 1 fully saturated rings. The maximum Gasteiger partial charge on any atom is 0.126 e. The standard InChI is InChI=1S/C14H21N3/c1-17(12-6-7-12)10-9-15-14-8-5-11-3-2-4-13(11)16-14/h5,8,12H,2-4,6-7,9-10H2,1H3,(H,15,16). The van der Waals surface area contributed by atoms with Crippen molar-refractivity contribution in [2.45, 2.75) is 38.1 Å². The Kier molecular flexibility index (Phi) is 3.02. The third-order valence-corrected chi connectivity index (χ3v) is 3.87. The van der Waals surface area contributed by atoms with E-state index in [0.717, 1.165) is 31.4 Å². The van der Waals surface area contributed by atoms with Crippen LogP contribution < -0.4 is 5.32 Å². The Morgan fingerprint density at radius 3 is 3.06 bits per heavy atom. The van der Waals surface area contributed by atoms with E-state index in [4.69, 9.17) is 0 Å². The van der Waals surface area contributed by atoms with Gasteiger partial charge in [-0.25, -0.2) is 4.98 Å². The van der Waals surface area contributed by atoms with Crippen molar-refractivity contribution >= 4 is 5.82 Å². The van der Waals surface area contributed by atoms with Crippen LogP contribution in [-0.4, -0.2) is 36.1 Å². The van der Waals surface area contributed by atoms with Crippen molar-refractivity contribution in [2.24, 2.45) is 0 Å². The summed E-state index contributed by atoms with van der Waals surface area (Å²) in [6.07, 6.45) is 6.41. The van der Waals surface area contributed by atoms with Crippen LogP contribution in [0.2, 0.25) is 0 Å². The normalized spacial score (nSPS) is 18.5. The van der Waals surface area contributed by atoms with E-state index in [9.17, 15) is 0 Å². The second-order valence-corrected chi connectivity index (χ2v) is 5.29. The van der Waals surface area contributed by atoms with Gasteiger partial charge in [0.25, 0.3) is 0 Å². The van der Waals surface area contributed by atoms with E-state index >= 15 is 0 Å². The van der Waals surface area contributed by atoms with E-state index < -0.39 is 0 Å². The summed E-state index contributed by atoms with van der Waals surface area (Å²) in [5.41, 5.74) is 2.76. The molecule has 1 saturated carbocycles. The molecular weight excluding hydrogens is 210 g/mol. The van der Waals surface area contributed by atoms with Gasteiger partial charge in [-0.3, -0.25) is 0 Å². The number of fused-ring (bicyclic) bond motifs is 1. The van der Waals surface area contributed by atoms with Crippen LogP contribution in [0.25, 0.3) is 0 Å². The second kappa shape index (κ2) is 4.65. The van der Waals surface area contributed by atoms with Crippen molar-refractivity contribution in [3.63, 3.8) is 0 Å². The molecule has 1 N–H and O–H groups in total. The highest BCUT2D eigenvalue weighted by atomic mass is 15.2. The highest BCUT2D eigenvalue weighted by Gasteiger charge is 2.25. The summed E-state index contributed by atoms with van der Waals surface area (Å²) < 4.78 is 0. The molecule has 3 nitrogen and oxygen atoms in total. The van der Waals surface area contributed by atoms with Crippen molar-refractivity contribution in [3.05, 3.63) is 23.4 Å². The molecule has 0 aromatic carbocycles. The molecule has 2 aliphatic carbocycles.